The van der Waals surface area contributed by atoms with Gasteiger partial charge in [-0.3, -0.25) is 14.4 Å². The Labute approximate surface area is 351 Å². The van der Waals surface area contributed by atoms with Gasteiger partial charge in [-0.2, -0.15) is 0 Å². The van der Waals surface area contributed by atoms with Crippen LogP contribution in [0.25, 0.3) is 0 Å². The van der Waals surface area contributed by atoms with E-state index in [2.05, 4.69) is 81.5 Å². The number of esters is 3. The normalized spacial score (nSPS) is 12.5. The van der Waals surface area contributed by atoms with Crippen molar-refractivity contribution in [1.29, 1.82) is 0 Å². The van der Waals surface area contributed by atoms with Crippen molar-refractivity contribution in [3.8, 4) is 0 Å². The Kier molecular flexibility index (Phi) is 43.5. The summed E-state index contributed by atoms with van der Waals surface area (Å²) in [6.07, 6.45) is 54.9. The fraction of sp³-hybridized carbons (Fsp3) is 0.745. The molecule has 0 aliphatic rings. The topological polar surface area (TPSA) is 78.9 Å². The number of hydrogen-bond acceptors (Lipinski definition) is 6. The van der Waals surface area contributed by atoms with E-state index < -0.39 is 6.10 Å². The van der Waals surface area contributed by atoms with Gasteiger partial charge in [0.15, 0.2) is 6.10 Å². The van der Waals surface area contributed by atoms with Crippen LogP contribution < -0.4 is 0 Å². The number of carbonyl (C=O) groups excluding carboxylic acids is 3. The van der Waals surface area contributed by atoms with Gasteiger partial charge in [-0.05, 0) is 83.5 Å². The molecular weight excluding hydrogens is 709 g/mol. The summed E-state index contributed by atoms with van der Waals surface area (Å²) in [5, 5.41) is 0. The van der Waals surface area contributed by atoms with Crippen LogP contribution in [0.2, 0.25) is 0 Å². The second-order valence-electron chi connectivity index (χ2n) is 15.6. The number of rotatable bonds is 42. The SMILES string of the molecule is CC/C=C\C/C=C\C/C=C\C/C=C\CCCCC(=O)OC[C@@H](COC(=O)CCCCCCCCCCC)OC(=O)CCCCCCC/C=C\CCCCCCCC. The maximum Gasteiger partial charge on any atom is 0.306 e. The average molecular weight is 797 g/mol. The summed E-state index contributed by atoms with van der Waals surface area (Å²) in [4.78, 5) is 37.7. The molecule has 0 bridgehead atoms. The molecule has 0 unspecified atom stereocenters. The summed E-state index contributed by atoms with van der Waals surface area (Å²) in [5.74, 6) is -0.945. The molecule has 1 atom stereocenters. The molecule has 0 aromatic carbocycles. The van der Waals surface area contributed by atoms with Crippen molar-refractivity contribution in [2.24, 2.45) is 0 Å². The Morgan fingerprint density at radius 1 is 0.368 bits per heavy atom. The van der Waals surface area contributed by atoms with E-state index in [0.717, 1.165) is 96.3 Å². The zero-order valence-electron chi connectivity index (χ0n) is 37.3. The van der Waals surface area contributed by atoms with E-state index in [1.165, 1.54) is 89.9 Å². The average Bonchev–Trinajstić information content (AvgIpc) is 3.21. The first-order chi connectivity index (χ1) is 28.0. The molecule has 6 heteroatoms. The van der Waals surface area contributed by atoms with Gasteiger partial charge < -0.3 is 14.2 Å². The molecule has 0 saturated heterocycles. The predicted molar refractivity (Wildman–Crippen MR) is 242 cm³/mol. The number of carbonyl (C=O) groups is 3. The second-order valence-corrected chi connectivity index (χ2v) is 15.6. The molecule has 0 spiro atoms. The Bertz CT molecular complexity index is 1050. The smallest absolute Gasteiger partial charge is 0.306 e. The van der Waals surface area contributed by atoms with Crippen LogP contribution >= 0.6 is 0 Å². The van der Waals surface area contributed by atoms with Gasteiger partial charge in [0.25, 0.3) is 0 Å². The Balaban J connectivity index is 4.43. The van der Waals surface area contributed by atoms with Crippen LogP contribution in [0.4, 0.5) is 0 Å². The maximum absolute atomic E-state index is 12.7. The van der Waals surface area contributed by atoms with Crippen LogP contribution in [-0.2, 0) is 28.6 Å². The van der Waals surface area contributed by atoms with Gasteiger partial charge in [-0.1, -0.05) is 184 Å². The quantitative estimate of drug-likeness (QED) is 0.0265. The Hall–Kier alpha value is -2.89. The number of unbranched alkanes of at least 4 members (excludes halogenated alkanes) is 21. The van der Waals surface area contributed by atoms with E-state index in [-0.39, 0.29) is 31.1 Å². The summed E-state index contributed by atoms with van der Waals surface area (Å²) in [7, 11) is 0. The largest absolute Gasteiger partial charge is 0.462 e. The van der Waals surface area contributed by atoms with Crippen molar-refractivity contribution < 1.29 is 28.6 Å². The molecule has 0 radical (unpaired) electrons. The van der Waals surface area contributed by atoms with E-state index in [9.17, 15) is 14.4 Å². The van der Waals surface area contributed by atoms with E-state index in [1.807, 2.05) is 0 Å². The van der Waals surface area contributed by atoms with Gasteiger partial charge in [-0.25, -0.2) is 0 Å². The van der Waals surface area contributed by atoms with Gasteiger partial charge >= 0.3 is 17.9 Å². The third-order valence-electron chi connectivity index (χ3n) is 10.0. The summed E-state index contributed by atoms with van der Waals surface area (Å²) >= 11 is 0. The summed E-state index contributed by atoms with van der Waals surface area (Å²) in [5.41, 5.74) is 0. The zero-order valence-corrected chi connectivity index (χ0v) is 37.3. The highest BCUT2D eigenvalue weighted by molar-refractivity contribution is 5.71. The minimum Gasteiger partial charge on any atom is -0.462 e. The molecule has 57 heavy (non-hydrogen) atoms. The van der Waals surface area contributed by atoms with Crippen molar-refractivity contribution >= 4 is 17.9 Å². The minimum atomic E-state index is -0.791. The molecule has 6 nitrogen and oxygen atoms in total. The summed E-state index contributed by atoms with van der Waals surface area (Å²) < 4.78 is 16.7. The van der Waals surface area contributed by atoms with Crippen molar-refractivity contribution in [3.05, 3.63) is 60.8 Å². The molecule has 0 heterocycles. The highest BCUT2D eigenvalue weighted by Crippen LogP contribution is 2.13. The highest BCUT2D eigenvalue weighted by Gasteiger charge is 2.19. The highest BCUT2D eigenvalue weighted by atomic mass is 16.6. The molecule has 0 amide bonds. The predicted octanol–water partition coefficient (Wildman–Crippen LogP) is 15.3. The molecular formula is C51H88O6. The van der Waals surface area contributed by atoms with E-state index in [4.69, 9.17) is 14.2 Å². The fourth-order valence-corrected chi connectivity index (χ4v) is 6.43. The first-order valence-electron chi connectivity index (χ1n) is 23.8. The molecule has 0 aliphatic heterocycles. The van der Waals surface area contributed by atoms with E-state index in [0.29, 0.717) is 19.3 Å². The van der Waals surface area contributed by atoms with E-state index in [1.54, 1.807) is 0 Å². The lowest BCUT2D eigenvalue weighted by atomic mass is 10.1. The Morgan fingerprint density at radius 3 is 1.12 bits per heavy atom. The van der Waals surface area contributed by atoms with Crippen molar-refractivity contribution in [1.82, 2.24) is 0 Å². The van der Waals surface area contributed by atoms with Gasteiger partial charge in [0, 0.05) is 19.3 Å². The summed E-state index contributed by atoms with van der Waals surface area (Å²) in [6, 6.07) is 0. The van der Waals surface area contributed by atoms with Gasteiger partial charge in [-0.15, -0.1) is 0 Å². The van der Waals surface area contributed by atoms with Crippen LogP contribution in [0.5, 0.6) is 0 Å². The van der Waals surface area contributed by atoms with Crippen LogP contribution in [0, 0.1) is 0 Å². The second kappa shape index (κ2) is 45.8. The van der Waals surface area contributed by atoms with Gasteiger partial charge in [0.1, 0.15) is 13.2 Å². The minimum absolute atomic E-state index is 0.0898. The van der Waals surface area contributed by atoms with Crippen LogP contribution in [0.3, 0.4) is 0 Å². The molecule has 0 aromatic heterocycles. The number of hydrogen-bond donors (Lipinski definition) is 0. The lowest BCUT2D eigenvalue weighted by Crippen LogP contribution is -2.30. The summed E-state index contributed by atoms with van der Waals surface area (Å²) in [6.45, 7) is 6.45. The lowest BCUT2D eigenvalue weighted by Gasteiger charge is -2.18. The first kappa shape index (κ1) is 54.1. The van der Waals surface area contributed by atoms with Gasteiger partial charge in [0.2, 0.25) is 0 Å². The monoisotopic (exact) mass is 797 g/mol. The molecule has 0 aliphatic carbocycles. The van der Waals surface area contributed by atoms with Crippen molar-refractivity contribution in [2.45, 2.75) is 232 Å². The van der Waals surface area contributed by atoms with Crippen LogP contribution in [0.1, 0.15) is 226 Å². The fourth-order valence-electron chi connectivity index (χ4n) is 6.43. The van der Waals surface area contributed by atoms with Gasteiger partial charge in [0.05, 0.1) is 0 Å². The van der Waals surface area contributed by atoms with Crippen molar-refractivity contribution in [3.63, 3.8) is 0 Å². The Morgan fingerprint density at radius 2 is 0.684 bits per heavy atom. The molecule has 328 valence electrons. The molecule has 0 fully saturated rings. The number of ether oxygens (including phenoxy) is 3. The number of allylic oxidation sites excluding steroid dienone is 10. The standard InChI is InChI=1S/C51H88O6/c1-4-7-10-13-16-19-21-23-25-27-29-32-35-38-41-44-50(53)56-47-48(46-55-49(52)43-40-37-34-31-18-15-12-9-6-3)57-51(54)45-42-39-36-33-30-28-26-24-22-20-17-14-11-8-5-2/h7,10,16,19,23-26,29,32,48H,4-6,8-9,11-15,17-18,20-22,27-28,30-31,33-47H2,1-3H3/b10-7-,19-16-,25-23-,26-24-,32-29-/t48-/m1/s1. The molecule has 0 rings (SSSR count). The maximum atomic E-state index is 12.7. The molecule has 0 N–H and O–H groups in total. The third kappa shape index (κ3) is 44.1. The first-order valence-corrected chi connectivity index (χ1v) is 23.8. The van der Waals surface area contributed by atoms with Crippen molar-refractivity contribution in [2.75, 3.05) is 13.2 Å². The van der Waals surface area contributed by atoms with Crippen LogP contribution in [-0.4, -0.2) is 37.2 Å². The zero-order chi connectivity index (χ0) is 41.5. The molecule has 0 saturated carbocycles. The van der Waals surface area contributed by atoms with Crippen LogP contribution in [0.15, 0.2) is 60.8 Å². The molecule has 0 aromatic rings. The van der Waals surface area contributed by atoms with E-state index >= 15 is 0 Å². The third-order valence-corrected chi connectivity index (χ3v) is 10.0. The lowest BCUT2D eigenvalue weighted by molar-refractivity contribution is -0.167.